The van der Waals surface area contributed by atoms with Crippen molar-refractivity contribution in [3.05, 3.63) is 51.5 Å². The van der Waals surface area contributed by atoms with Gasteiger partial charge in [0.25, 0.3) is 0 Å². The monoisotopic (exact) mass is 341 g/mol. The molecule has 0 radical (unpaired) electrons. The maximum atomic E-state index is 10.8. The van der Waals surface area contributed by atoms with E-state index in [1.165, 1.54) is 18.2 Å². The number of benzene rings is 2. The minimum absolute atomic E-state index is 0.0167. The molecule has 0 aliphatic heterocycles. The summed E-state index contributed by atoms with van der Waals surface area (Å²) < 4.78 is 0. The quantitative estimate of drug-likeness (QED) is 0.664. The van der Waals surface area contributed by atoms with Gasteiger partial charge in [0.2, 0.25) is 0 Å². The number of carbonyl (C=O) groups is 1. The van der Waals surface area contributed by atoms with Crippen molar-refractivity contribution in [1.82, 2.24) is 0 Å². The second-order valence-electron chi connectivity index (χ2n) is 4.61. The molecule has 2 aromatic rings. The van der Waals surface area contributed by atoms with Crippen LogP contribution in [0.5, 0.6) is 11.5 Å². The van der Waals surface area contributed by atoms with E-state index < -0.39 is 5.97 Å². The first-order valence-electron chi connectivity index (χ1n) is 6.35. The molecule has 0 saturated carbocycles. The van der Waals surface area contributed by atoms with E-state index in [0.29, 0.717) is 29.2 Å². The Morgan fingerprint density at radius 3 is 2.50 bits per heavy atom. The lowest BCUT2D eigenvalue weighted by Gasteiger charge is -2.10. The third-order valence-corrected chi connectivity index (χ3v) is 3.57. The van der Waals surface area contributed by atoms with Gasteiger partial charge >= 0.3 is 5.97 Å². The highest BCUT2D eigenvalue weighted by Gasteiger charge is 2.10. The van der Waals surface area contributed by atoms with Gasteiger partial charge in [0, 0.05) is 23.3 Å². The van der Waals surface area contributed by atoms with Crippen LogP contribution in [0.4, 0.5) is 5.69 Å². The Hall–Kier alpha value is -2.11. The number of phenols is 2. The first-order valence-corrected chi connectivity index (χ1v) is 7.11. The molecule has 4 N–H and O–H groups in total. The van der Waals surface area contributed by atoms with Gasteiger partial charge < -0.3 is 20.6 Å². The molecule has 2 aromatic carbocycles. The summed E-state index contributed by atoms with van der Waals surface area (Å²) in [5.41, 5.74) is 0.997. The molecule has 0 aromatic heterocycles. The minimum Gasteiger partial charge on any atom is -0.507 e. The van der Waals surface area contributed by atoms with E-state index in [4.69, 9.17) is 28.3 Å². The molecular weight excluding hydrogens is 329 g/mol. The van der Waals surface area contributed by atoms with Crippen LogP contribution in [0, 0.1) is 0 Å². The van der Waals surface area contributed by atoms with Crippen molar-refractivity contribution in [3.63, 3.8) is 0 Å². The number of aromatic carboxylic acids is 1. The Morgan fingerprint density at radius 2 is 1.86 bits per heavy atom. The molecule has 0 heterocycles. The molecule has 5 nitrogen and oxygen atoms in total. The summed E-state index contributed by atoms with van der Waals surface area (Å²) in [6.45, 7) is 0.441. The molecule has 0 atom stereocenters. The summed E-state index contributed by atoms with van der Waals surface area (Å²) in [7, 11) is 0. The number of aromatic hydroxyl groups is 2. The van der Waals surface area contributed by atoms with E-state index in [-0.39, 0.29) is 22.1 Å². The lowest BCUT2D eigenvalue weighted by Crippen LogP contribution is -2.06. The fraction of sp³-hybridized carbons (Fsp3) is 0.133. The molecule has 0 aliphatic carbocycles. The highest BCUT2D eigenvalue weighted by molar-refractivity contribution is 6.35. The van der Waals surface area contributed by atoms with Gasteiger partial charge in [0.15, 0.2) is 0 Å². The van der Waals surface area contributed by atoms with Gasteiger partial charge in [-0.3, -0.25) is 0 Å². The average molecular weight is 342 g/mol. The lowest BCUT2D eigenvalue weighted by atomic mass is 10.1. The molecule has 0 aliphatic rings. The molecule has 0 bridgehead atoms. The summed E-state index contributed by atoms with van der Waals surface area (Å²) in [6.07, 6.45) is 0.452. The summed E-state index contributed by atoms with van der Waals surface area (Å²) in [5, 5.41) is 31.9. The predicted octanol–water partition coefficient (Wildman–Crippen LogP) is 3.76. The van der Waals surface area contributed by atoms with Crippen LogP contribution in [0.2, 0.25) is 10.0 Å². The van der Waals surface area contributed by atoms with Gasteiger partial charge in [-0.25, -0.2) is 4.79 Å². The van der Waals surface area contributed by atoms with Gasteiger partial charge in [0.1, 0.15) is 17.1 Å². The Bertz CT molecular complexity index is 719. The predicted molar refractivity (Wildman–Crippen MR) is 85.4 cm³/mol. The number of carboxylic acid groups (broad SMARTS) is 1. The standard InChI is InChI=1S/C15H13Cl2NO4/c16-9-5-8(14(20)12(17)6-9)3-4-18-10-1-2-11(15(21)22)13(19)7-10/h1-2,5-7,18-20H,3-4H2,(H,21,22). The molecule has 0 unspecified atom stereocenters. The Labute approximate surface area is 136 Å². The fourth-order valence-corrected chi connectivity index (χ4v) is 2.51. The second kappa shape index (κ2) is 6.77. The van der Waals surface area contributed by atoms with E-state index in [2.05, 4.69) is 5.32 Å². The summed E-state index contributed by atoms with van der Waals surface area (Å²) in [4.78, 5) is 10.8. The highest BCUT2D eigenvalue weighted by atomic mass is 35.5. The lowest BCUT2D eigenvalue weighted by molar-refractivity contribution is 0.0694. The third kappa shape index (κ3) is 3.75. The van der Waals surface area contributed by atoms with Crippen LogP contribution in [-0.2, 0) is 6.42 Å². The Morgan fingerprint density at radius 1 is 1.14 bits per heavy atom. The summed E-state index contributed by atoms with van der Waals surface area (Å²) in [6, 6.07) is 7.27. The second-order valence-corrected chi connectivity index (χ2v) is 5.45. The molecule has 0 amide bonds. The minimum atomic E-state index is -1.19. The van der Waals surface area contributed by atoms with Gasteiger partial charge in [-0.2, -0.15) is 0 Å². The van der Waals surface area contributed by atoms with Crippen LogP contribution >= 0.6 is 23.2 Å². The number of nitrogens with one attached hydrogen (secondary N) is 1. The zero-order valence-electron chi connectivity index (χ0n) is 11.3. The molecule has 2 rings (SSSR count). The number of phenolic OH excluding ortho intramolecular Hbond substituents is 1. The zero-order chi connectivity index (χ0) is 16.3. The maximum absolute atomic E-state index is 10.8. The van der Waals surface area contributed by atoms with Crippen LogP contribution in [0.3, 0.4) is 0 Å². The highest BCUT2D eigenvalue weighted by Crippen LogP contribution is 2.31. The smallest absolute Gasteiger partial charge is 0.339 e. The van der Waals surface area contributed by atoms with Gasteiger partial charge in [-0.1, -0.05) is 23.2 Å². The molecule has 0 saturated heterocycles. The van der Waals surface area contributed by atoms with E-state index >= 15 is 0 Å². The van der Waals surface area contributed by atoms with Crippen molar-refractivity contribution in [3.8, 4) is 11.5 Å². The normalized spacial score (nSPS) is 10.5. The molecule has 0 fully saturated rings. The van der Waals surface area contributed by atoms with E-state index in [1.54, 1.807) is 12.1 Å². The van der Waals surface area contributed by atoms with Crippen LogP contribution in [0.15, 0.2) is 30.3 Å². The van der Waals surface area contributed by atoms with Crippen LogP contribution in [0.1, 0.15) is 15.9 Å². The van der Waals surface area contributed by atoms with Gasteiger partial charge in [-0.15, -0.1) is 0 Å². The molecule has 22 heavy (non-hydrogen) atoms. The number of hydrogen-bond donors (Lipinski definition) is 4. The third-order valence-electron chi connectivity index (χ3n) is 3.06. The van der Waals surface area contributed by atoms with Crippen molar-refractivity contribution in [2.45, 2.75) is 6.42 Å². The van der Waals surface area contributed by atoms with Crippen molar-refractivity contribution < 1.29 is 20.1 Å². The first kappa shape index (κ1) is 16.3. The number of rotatable bonds is 5. The number of halogens is 2. The van der Waals surface area contributed by atoms with E-state index in [1.807, 2.05) is 0 Å². The van der Waals surface area contributed by atoms with Crippen LogP contribution in [-0.4, -0.2) is 27.8 Å². The Balaban J connectivity index is 2.03. The number of hydrogen-bond acceptors (Lipinski definition) is 4. The van der Waals surface area contributed by atoms with E-state index in [9.17, 15) is 15.0 Å². The van der Waals surface area contributed by atoms with Crippen LogP contribution in [0.25, 0.3) is 0 Å². The summed E-state index contributed by atoms with van der Waals surface area (Å²) >= 11 is 11.7. The van der Waals surface area contributed by atoms with Crippen LogP contribution < -0.4 is 5.32 Å². The number of carboxylic acids is 1. The maximum Gasteiger partial charge on any atom is 0.339 e. The topological polar surface area (TPSA) is 89.8 Å². The van der Waals surface area contributed by atoms with Gasteiger partial charge in [-0.05, 0) is 36.2 Å². The zero-order valence-corrected chi connectivity index (χ0v) is 12.8. The SMILES string of the molecule is O=C(O)c1ccc(NCCc2cc(Cl)cc(Cl)c2O)cc1O. The van der Waals surface area contributed by atoms with Crippen molar-refractivity contribution in [2.24, 2.45) is 0 Å². The van der Waals surface area contributed by atoms with E-state index in [0.717, 1.165) is 0 Å². The number of anilines is 1. The van der Waals surface area contributed by atoms with Gasteiger partial charge in [0.05, 0.1) is 5.02 Å². The largest absolute Gasteiger partial charge is 0.507 e. The van der Waals surface area contributed by atoms with Crippen molar-refractivity contribution in [1.29, 1.82) is 0 Å². The summed E-state index contributed by atoms with van der Waals surface area (Å²) in [5.74, 6) is -1.52. The molecule has 7 heteroatoms. The first-order chi connectivity index (χ1) is 10.4. The molecular formula is C15H13Cl2NO4. The van der Waals surface area contributed by atoms with Crippen molar-refractivity contribution >= 4 is 34.9 Å². The molecule has 0 spiro atoms. The average Bonchev–Trinajstić information content (AvgIpc) is 2.43. The van der Waals surface area contributed by atoms with Crippen molar-refractivity contribution in [2.75, 3.05) is 11.9 Å². The molecule has 116 valence electrons. The Kier molecular flexibility index (Phi) is 5.00. The fourth-order valence-electron chi connectivity index (χ4n) is 1.97.